The summed E-state index contributed by atoms with van der Waals surface area (Å²) in [4.78, 5) is 19.5. The Morgan fingerprint density at radius 3 is 2.67 bits per heavy atom. The van der Waals surface area contributed by atoms with Crippen LogP contribution in [0.5, 0.6) is 0 Å². The molecule has 138 valence electrons. The molecule has 4 rings (SSSR count). The molecule has 0 bridgehead atoms. The second kappa shape index (κ2) is 7.98. The maximum Gasteiger partial charge on any atom is 0.234 e. The molecule has 3 aromatic rings. The number of hydrogen-bond acceptors (Lipinski definition) is 4. The van der Waals surface area contributed by atoms with Crippen LogP contribution in [0.15, 0.2) is 60.0 Å². The van der Waals surface area contributed by atoms with Crippen molar-refractivity contribution in [1.29, 1.82) is 0 Å². The van der Waals surface area contributed by atoms with Gasteiger partial charge in [0.2, 0.25) is 5.91 Å². The van der Waals surface area contributed by atoms with Crippen LogP contribution in [0.1, 0.15) is 12.0 Å². The molecule has 1 unspecified atom stereocenters. The van der Waals surface area contributed by atoms with Crippen molar-refractivity contribution in [2.24, 2.45) is 5.92 Å². The SMILES string of the molecule is O=C(C1CCOC1)N(Cc1ccccc1)c1nc(-c2ccc(F)cc2)cs1. The van der Waals surface area contributed by atoms with E-state index in [4.69, 9.17) is 4.74 Å². The molecular formula is C21H19FN2O2S. The summed E-state index contributed by atoms with van der Waals surface area (Å²) in [7, 11) is 0. The Bertz CT molecular complexity index is 905. The van der Waals surface area contributed by atoms with E-state index in [9.17, 15) is 9.18 Å². The lowest BCUT2D eigenvalue weighted by molar-refractivity contribution is -0.122. The monoisotopic (exact) mass is 382 g/mol. The molecule has 1 saturated heterocycles. The van der Waals surface area contributed by atoms with Gasteiger partial charge in [-0.25, -0.2) is 9.37 Å². The highest BCUT2D eigenvalue weighted by Crippen LogP contribution is 2.30. The average molecular weight is 382 g/mol. The summed E-state index contributed by atoms with van der Waals surface area (Å²) < 4.78 is 18.6. The topological polar surface area (TPSA) is 42.4 Å². The van der Waals surface area contributed by atoms with Gasteiger partial charge >= 0.3 is 0 Å². The lowest BCUT2D eigenvalue weighted by Crippen LogP contribution is -2.36. The Hall–Kier alpha value is -2.57. The van der Waals surface area contributed by atoms with Gasteiger partial charge in [0.15, 0.2) is 5.13 Å². The summed E-state index contributed by atoms with van der Waals surface area (Å²) in [5, 5.41) is 2.55. The third kappa shape index (κ3) is 4.07. The molecule has 0 saturated carbocycles. The smallest absolute Gasteiger partial charge is 0.234 e. The third-order valence-electron chi connectivity index (χ3n) is 4.59. The van der Waals surface area contributed by atoms with Crippen molar-refractivity contribution in [2.45, 2.75) is 13.0 Å². The van der Waals surface area contributed by atoms with Gasteiger partial charge in [0.25, 0.3) is 0 Å². The molecule has 1 aliphatic rings. The number of aromatic nitrogens is 1. The number of carbonyl (C=O) groups is 1. The van der Waals surface area contributed by atoms with Crippen LogP contribution in [0.2, 0.25) is 0 Å². The summed E-state index contributed by atoms with van der Waals surface area (Å²) in [6.07, 6.45) is 0.736. The average Bonchev–Trinajstić information content (AvgIpc) is 3.39. The molecule has 2 aromatic carbocycles. The molecule has 1 aromatic heterocycles. The summed E-state index contributed by atoms with van der Waals surface area (Å²) in [6, 6.07) is 16.1. The highest BCUT2D eigenvalue weighted by Gasteiger charge is 2.30. The molecule has 1 atom stereocenters. The first-order valence-electron chi connectivity index (χ1n) is 8.85. The molecule has 0 N–H and O–H groups in total. The van der Waals surface area contributed by atoms with Crippen LogP contribution in [-0.4, -0.2) is 24.1 Å². The molecular weight excluding hydrogens is 363 g/mol. The minimum absolute atomic E-state index is 0.0383. The highest BCUT2D eigenvalue weighted by molar-refractivity contribution is 7.14. The third-order valence-corrected chi connectivity index (χ3v) is 5.46. The van der Waals surface area contributed by atoms with E-state index in [1.54, 1.807) is 17.0 Å². The standard InChI is InChI=1S/C21H19FN2O2S/c22-18-8-6-16(7-9-18)19-14-27-21(23-19)24(12-15-4-2-1-3-5-15)20(25)17-10-11-26-13-17/h1-9,14,17H,10-13H2. The lowest BCUT2D eigenvalue weighted by atomic mass is 10.1. The van der Waals surface area contributed by atoms with Gasteiger partial charge in [-0.05, 0) is 36.2 Å². The zero-order valence-corrected chi connectivity index (χ0v) is 15.5. The van der Waals surface area contributed by atoms with Crippen molar-refractivity contribution in [3.63, 3.8) is 0 Å². The Labute approximate surface area is 161 Å². The summed E-state index contributed by atoms with van der Waals surface area (Å²) in [5.74, 6) is -0.375. The summed E-state index contributed by atoms with van der Waals surface area (Å²) in [6.45, 7) is 1.54. The molecule has 1 aliphatic heterocycles. The van der Waals surface area contributed by atoms with Crippen molar-refractivity contribution < 1.29 is 13.9 Å². The van der Waals surface area contributed by atoms with Crippen molar-refractivity contribution in [3.05, 3.63) is 71.4 Å². The summed E-state index contributed by atoms with van der Waals surface area (Å²) in [5.41, 5.74) is 2.61. The van der Waals surface area contributed by atoms with E-state index in [1.165, 1.54) is 23.5 Å². The second-order valence-corrected chi connectivity index (χ2v) is 7.33. The van der Waals surface area contributed by atoms with E-state index in [0.717, 1.165) is 23.2 Å². The Balaban J connectivity index is 1.63. The zero-order valence-electron chi connectivity index (χ0n) is 14.7. The molecule has 27 heavy (non-hydrogen) atoms. The van der Waals surface area contributed by atoms with Gasteiger partial charge in [-0.15, -0.1) is 11.3 Å². The maximum absolute atomic E-state index is 13.2. The fraction of sp³-hybridized carbons (Fsp3) is 0.238. The zero-order chi connectivity index (χ0) is 18.6. The molecule has 0 spiro atoms. The lowest BCUT2D eigenvalue weighted by Gasteiger charge is -2.22. The number of ether oxygens (including phenoxy) is 1. The van der Waals surface area contributed by atoms with Crippen LogP contribution in [0.4, 0.5) is 9.52 Å². The predicted molar refractivity (Wildman–Crippen MR) is 104 cm³/mol. The molecule has 2 heterocycles. The van der Waals surface area contributed by atoms with Crippen molar-refractivity contribution in [1.82, 2.24) is 4.98 Å². The van der Waals surface area contributed by atoms with Gasteiger partial charge in [0, 0.05) is 17.6 Å². The largest absolute Gasteiger partial charge is 0.381 e. The maximum atomic E-state index is 13.2. The van der Waals surface area contributed by atoms with Crippen molar-refractivity contribution in [2.75, 3.05) is 18.1 Å². The first-order valence-corrected chi connectivity index (χ1v) is 9.73. The molecule has 1 amide bonds. The molecule has 6 heteroatoms. The van der Waals surface area contributed by atoms with Gasteiger partial charge in [0.1, 0.15) is 5.82 Å². The highest BCUT2D eigenvalue weighted by atomic mass is 32.1. The number of hydrogen-bond donors (Lipinski definition) is 0. The first-order chi connectivity index (χ1) is 13.2. The number of amides is 1. The van der Waals surface area contributed by atoms with Crippen LogP contribution in [0.3, 0.4) is 0 Å². The number of benzene rings is 2. The van der Waals surface area contributed by atoms with Crippen LogP contribution < -0.4 is 4.90 Å². The van der Waals surface area contributed by atoms with E-state index in [0.29, 0.717) is 24.9 Å². The normalized spacial score (nSPS) is 16.4. The van der Waals surface area contributed by atoms with E-state index in [-0.39, 0.29) is 17.6 Å². The molecule has 1 fully saturated rings. The van der Waals surface area contributed by atoms with Crippen LogP contribution in [0.25, 0.3) is 11.3 Å². The fourth-order valence-corrected chi connectivity index (χ4v) is 3.94. The van der Waals surface area contributed by atoms with Crippen molar-refractivity contribution in [3.8, 4) is 11.3 Å². The van der Waals surface area contributed by atoms with Gasteiger partial charge < -0.3 is 4.74 Å². The van der Waals surface area contributed by atoms with E-state index in [1.807, 2.05) is 35.7 Å². The van der Waals surface area contributed by atoms with E-state index < -0.39 is 0 Å². The fourth-order valence-electron chi connectivity index (χ4n) is 3.10. The van der Waals surface area contributed by atoms with Crippen LogP contribution in [0, 0.1) is 11.7 Å². The predicted octanol–water partition coefficient (Wildman–Crippen LogP) is 4.52. The first kappa shape index (κ1) is 17.8. The van der Waals surface area contributed by atoms with Crippen LogP contribution >= 0.6 is 11.3 Å². The van der Waals surface area contributed by atoms with Gasteiger partial charge in [0.05, 0.1) is 24.8 Å². The number of carbonyl (C=O) groups excluding carboxylic acids is 1. The Morgan fingerprint density at radius 2 is 1.96 bits per heavy atom. The molecule has 4 nitrogen and oxygen atoms in total. The molecule has 0 radical (unpaired) electrons. The second-order valence-electron chi connectivity index (χ2n) is 6.49. The molecule has 0 aliphatic carbocycles. The van der Waals surface area contributed by atoms with Gasteiger partial charge in [-0.1, -0.05) is 30.3 Å². The summed E-state index contributed by atoms with van der Waals surface area (Å²) >= 11 is 1.42. The quantitative estimate of drug-likeness (QED) is 0.652. The van der Waals surface area contributed by atoms with Crippen molar-refractivity contribution >= 4 is 22.4 Å². The van der Waals surface area contributed by atoms with Crippen LogP contribution in [-0.2, 0) is 16.1 Å². The minimum Gasteiger partial charge on any atom is -0.381 e. The Kier molecular flexibility index (Phi) is 5.27. The number of rotatable bonds is 5. The Morgan fingerprint density at radius 1 is 1.19 bits per heavy atom. The number of anilines is 1. The minimum atomic E-state index is -0.281. The van der Waals surface area contributed by atoms with Gasteiger partial charge in [-0.2, -0.15) is 0 Å². The number of thiazole rings is 1. The van der Waals surface area contributed by atoms with E-state index >= 15 is 0 Å². The van der Waals surface area contributed by atoms with E-state index in [2.05, 4.69) is 4.98 Å². The number of nitrogens with zero attached hydrogens (tertiary/aromatic N) is 2. The number of halogens is 1. The van der Waals surface area contributed by atoms with Gasteiger partial charge in [-0.3, -0.25) is 9.69 Å².